The Morgan fingerprint density at radius 1 is 0.902 bits per heavy atom. The molecule has 0 radical (unpaired) electrons. The number of pyridine rings is 1. The lowest BCUT2D eigenvalue weighted by Crippen LogP contribution is -2.54. The van der Waals surface area contributed by atoms with Gasteiger partial charge in [-0.05, 0) is 110 Å². The minimum absolute atomic E-state index is 0.0708. The summed E-state index contributed by atoms with van der Waals surface area (Å²) >= 11 is 0. The van der Waals surface area contributed by atoms with Crippen LogP contribution in [0.5, 0.6) is 0 Å². The summed E-state index contributed by atoms with van der Waals surface area (Å²) in [5.74, 6) is -2.02. The third-order valence-corrected chi connectivity index (χ3v) is 13.8. The highest BCUT2D eigenvalue weighted by Gasteiger charge is 2.46. The van der Waals surface area contributed by atoms with E-state index in [9.17, 15) is 37.1 Å². The van der Waals surface area contributed by atoms with Crippen molar-refractivity contribution in [2.24, 2.45) is 5.92 Å². The van der Waals surface area contributed by atoms with Crippen molar-refractivity contribution in [1.82, 2.24) is 40.1 Å². The number of benzene rings is 2. The predicted molar refractivity (Wildman–Crippen MR) is 215 cm³/mol. The van der Waals surface area contributed by atoms with Crippen LogP contribution in [-0.2, 0) is 33.9 Å². The number of H-pyrrole nitrogens is 1. The van der Waals surface area contributed by atoms with Crippen LogP contribution < -0.4 is 5.32 Å². The van der Waals surface area contributed by atoms with Gasteiger partial charge in [0.25, 0.3) is 11.8 Å². The molecule has 10 rings (SSSR count). The van der Waals surface area contributed by atoms with Gasteiger partial charge >= 0.3 is 6.18 Å². The number of likely N-dealkylation sites (tertiary alicyclic amines) is 1. The molecule has 1 aliphatic carbocycles. The van der Waals surface area contributed by atoms with Gasteiger partial charge in [-0.2, -0.15) is 18.3 Å². The number of alkyl halides is 3. The van der Waals surface area contributed by atoms with Crippen LogP contribution in [0.25, 0.3) is 16.5 Å². The maximum atomic E-state index is 13.9. The first kappa shape index (κ1) is 39.4. The molecule has 4 aromatic rings. The van der Waals surface area contributed by atoms with Gasteiger partial charge in [0, 0.05) is 62.2 Å². The van der Waals surface area contributed by atoms with Crippen molar-refractivity contribution in [2.45, 2.75) is 102 Å². The molecule has 0 bridgehead atoms. The van der Waals surface area contributed by atoms with Crippen LogP contribution in [0.4, 0.5) is 13.2 Å². The fourth-order valence-electron chi connectivity index (χ4n) is 10.6. The number of carbonyl (C=O) groups is 5. The van der Waals surface area contributed by atoms with E-state index in [2.05, 4.69) is 26.5 Å². The molecule has 316 valence electrons. The maximum Gasteiger partial charge on any atom is 0.401 e. The van der Waals surface area contributed by atoms with E-state index < -0.39 is 48.4 Å². The smallest absolute Gasteiger partial charge is 0.342 e. The number of nitrogens with one attached hydrogen (secondary N) is 2. The van der Waals surface area contributed by atoms with Gasteiger partial charge in [-0.25, -0.2) is 0 Å². The molecule has 4 atom stereocenters. The van der Waals surface area contributed by atoms with E-state index >= 15 is 0 Å². The zero-order chi connectivity index (χ0) is 42.3. The average molecular weight is 835 g/mol. The van der Waals surface area contributed by atoms with Crippen LogP contribution in [-0.4, -0.2) is 108 Å². The van der Waals surface area contributed by atoms with E-state index in [0.717, 1.165) is 62.0 Å². The zero-order valence-corrected chi connectivity index (χ0v) is 33.6. The Morgan fingerprint density at radius 3 is 2.28 bits per heavy atom. The number of aromatic nitrogens is 3. The summed E-state index contributed by atoms with van der Waals surface area (Å²) in [5, 5.41) is 10.3. The van der Waals surface area contributed by atoms with Crippen molar-refractivity contribution in [3.05, 3.63) is 99.5 Å². The monoisotopic (exact) mass is 834 g/mol. The number of fused-ring (bicyclic) bond motifs is 5. The molecule has 2 aromatic heterocycles. The van der Waals surface area contributed by atoms with Crippen LogP contribution in [0.15, 0.2) is 54.9 Å². The van der Waals surface area contributed by atoms with Crippen LogP contribution >= 0.6 is 0 Å². The molecule has 0 spiro atoms. The second-order valence-corrected chi connectivity index (χ2v) is 17.5. The fraction of sp³-hybridized carbons (Fsp3) is 0.444. The summed E-state index contributed by atoms with van der Waals surface area (Å²) in [7, 11) is 0. The molecule has 5 amide bonds. The Balaban J connectivity index is 0.756. The van der Waals surface area contributed by atoms with Crippen molar-refractivity contribution >= 4 is 46.0 Å². The Bertz CT molecular complexity index is 2480. The molecule has 2 saturated heterocycles. The zero-order valence-electron chi connectivity index (χ0n) is 33.6. The maximum absolute atomic E-state index is 13.9. The number of carbonyl (C=O) groups excluding carboxylic acids is 5. The molecule has 7 heterocycles. The first-order valence-electron chi connectivity index (χ1n) is 21.1. The highest BCUT2D eigenvalue weighted by molar-refractivity contribution is 6.23. The highest BCUT2D eigenvalue weighted by Crippen LogP contribution is 2.42. The van der Waals surface area contributed by atoms with E-state index in [0.29, 0.717) is 68.7 Å². The Labute approximate surface area is 349 Å². The van der Waals surface area contributed by atoms with Gasteiger partial charge in [0.1, 0.15) is 6.04 Å². The third-order valence-electron chi connectivity index (χ3n) is 13.8. The Kier molecular flexibility index (Phi) is 9.70. The average Bonchev–Trinajstić information content (AvgIpc) is 3.96. The molecule has 13 nitrogen and oxygen atoms in total. The number of hydrogen-bond acceptors (Lipinski definition) is 9. The molecule has 61 heavy (non-hydrogen) atoms. The largest absolute Gasteiger partial charge is 0.401 e. The Morgan fingerprint density at radius 2 is 1.64 bits per heavy atom. The number of imide groups is 2. The molecule has 5 aliphatic heterocycles. The minimum atomic E-state index is -4.37. The van der Waals surface area contributed by atoms with Crippen molar-refractivity contribution in [3.63, 3.8) is 0 Å². The Hall–Kier alpha value is -5.74. The molecule has 2 fully saturated rings. The number of nitrogens with zero attached hydrogens (tertiary/aromatic N) is 6. The van der Waals surface area contributed by atoms with Crippen molar-refractivity contribution in [3.8, 4) is 0 Å². The number of amides is 5. The SMILES string of the molecule is C[C@@H]1Cc2c(ccc3[nH]ncc23)[C@@H](c2ccc(C3=CCC(C(=O)N4CCC(N5Cc6cc7c(cc6C5)C(=O)N(C5CCC(=O)NC5=O)C7=O)CC4)CC3)cn2)N1CC(F)(F)F. The first-order chi connectivity index (χ1) is 29.3. The van der Waals surface area contributed by atoms with E-state index in [1.807, 2.05) is 36.1 Å². The van der Waals surface area contributed by atoms with E-state index in [4.69, 9.17) is 4.98 Å². The molecular weight excluding hydrogens is 790 g/mol. The van der Waals surface area contributed by atoms with E-state index in [-0.39, 0.29) is 36.8 Å². The lowest BCUT2D eigenvalue weighted by atomic mass is 9.84. The van der Waals surface area contributed by atoms with Gasteiger partial charge in [0.05, 0.1) is 41.1 Å². The summed E-state index contributed by atoms with van der Waals surface area (Å²) in [4.78, 5) is 76.2. The normalized spacial score (nSPS) is 25.1. The molecular formula is C45H45F3N8O5. The van der Waals surface area contributed by atoms with Gasteiger partial charge in [-0.1, -0.05) is 18.2 Å². The molecule has 16 heteroatoms. The number of halogens is 3. The first-order valence-corrected chi connectivity index (χ1v) is 21.1. The van der Waals surface area contributed by atoms with E-state index in [1.165, 1.54) is 4.90 Å². The number of allylic oxidation sites excluding steroid dienone is 2. The van der Waals surface area contributed by atoms with Crippen LogP contribution in [0.2, 0.25) is 0 Å². The summed E-state index contributed by atoms with van der Waals surface area (Å²) in [6.45, 7) is 3.33. The summed E-state index contributed by atoms with van der Waals surface area (Å²) in [6.07, 6.45) is 5.51. The number of piperidine rings is 2. The number of aromatic amines is 1. The van der Waals surface area contributed by atoms with Gasteiger partial charge in [-0.3, -0.25) is 54.1 Å². The van der Waals surface area contributed by atoms with Crippen molar-refractivity contribution in [1.29, 1.82) is 0 Å². The predicted octanol–water partition coefficient (Wildman–Crippen LogP) is 5.45. The second kappa shape index (κ2) is 15.0. The summed E-state index contributed by atoms with van der Waals surface area (Å²) < 4.78 is 41.7. The molecule has 2 N–H and O–H groups in total. The molecule has 2 aromatic carbocycles. The summed E-state index contributed by atoms with van der Waals surface area (Å²) in [6, 6.07) is 9.31. The standard InChI is InChI=1S/C45H45F3N8O5/c1-24-16-32-31(7-9-36-35(32)20-50-52-36)40(55(24)23-45(46,47)48)37-8-6-27(19-49-37)25-2-4-26(5-3-25)42(59)53-14-12-30(13-15-53)54-21-28-17-33-34(18-29(28)22-54)44(61)56(43(33)60)38-10-11-39(57)51-41(38)58/h2,6-9,17-20,24,26,30,38,40H,3-5,10-16,21-23H2,1H3,(H,50,52)(H,51,57,58)/t24-,26?,38?,40+/m1/s1. The summed E-state index contributed by atoms with van der Waals surface area (Å²) in [5.41, 5.74) is 7.74. The van der Waals surface area contributed by atoms with E-state index in [1.54, 1.807) is 24.5 Å². The van der Waals surface area contributed by atoms with Gasteiger partial charge in [0.2, 0.25) is 17.7 Å². The van der Waals surface area contributed by atoms with Gasteiger partial charge in [-0.15, -0.1) is 0 Å². The lowest BCUT2D eigenvalue weighted by molar-refractivity contribution is -0.155. The van der Waals surface area contributed by atoms with Crippen LogP contribution in [0.3, 0.4) is 0 Å². The quantitative estimate of drug-likeness (QED) is 0.242. The third kappa shape index (κ3) is 7.02. The van der Waals surface area contributed by atoms with Crippen LogP contribution in [0, 0.1) is 5.92 Å². The molecule has 6 aliphatic rings. The van der Waals surface area contributed by atoms with Gasteiger partial charge in [0.15, 0.2) is 0 Å². The topological polar surface area (TPSA) is 152 Å². The number of hydrogen-bond donors (Lipinski definition) is 2. The molecule has 2 unspecified atom stereocenters. The van der Waals surface area contributed by atoms with Gasteiger partial charge < -0.3 is 4.90 Å². The fourth-order valence-corrected chi connectivity index (χ4v) is 10.6. The minimum Gasteiger partial charge on any atom is -0.342 e. The lowest BCUT2D eigenvalue weighted by Gasteiger charge is -2.42. The van der Waals surface area contributed by atoms with Crippen molar-refractivity contribution in [2.75, 3.05) is 19.6 Å². The van der Waals surface area contributed by atoms with Crippen LogP contribution in [0.1, 0.15) is 112 Å². The number of rotatable bonds is 6. The molecule has 0 saturated carbocycles. The second-order valence-electron chi connectivity index (χ2n) is 17.5. The highest BCUT2D eigenvalue weighted by atomic mass is 19.4. The van der Waals surface area contributed by atoms with Crippen molar-refractivity contribution < 1.29 is 37.1 Å².